The van der Waals surface area contributed by atoms with Crippen molar-refractivity contribution in [2.75, 3.05) is 6.79 Å². The van der Waals surface area contributed by atoms with Gasteiger partial charge in [0, 0.05) is 0 Å². The molecule has 0 N–H and O–H groups in total. The Kier molecular flexibility index (Phi) is 5.02. The minimum absolute atomic E-state index is 0.263. The van der Waals surface area contributed by atoms with E-state index in [1.807, 2.05) is 6.07 Å². The minimum atomic E-state index is -1.99. The normalized spacial score (nSPS) is 13.8. The van der Waals surface area contributed by atoms with Crippen molar-refractivity contribution in [3.63, 3.8) is 0 Å². The van der Waals surface area contributed by atoms with Crippen LogP contribution in [-0.2, 0) is 0 Å². The maximum absolute atomic E-state index is 5.71. The monoisotopic (exact) mass is 411 g/mol. The summed E-state index contributed by atoms with van der Waals surface area (Å²) in [6.45, 7) is 2.65. The smallest absolute Gasteiger partial charge is 0.231 e. The van der Waals surface area contributed by atoms with Crippen molar-refractivity contribution in [3.8, 4) is 11.5 Å². The summed E-state index contributed by atoms with van der Waals surface area (Å²) in [5.41, 5.74) is 1.53. The molecule has 0 unspecified atom stereocenters. The first-order valence-corrected chi connectivity index (χ1v) is 12.1. The second kappa shape index (κ2) is 7.97. The Morgan fingerprint density at radius 1 is 0.600 bits per heavy atom. The second-order valence-electron chi connectivity index (χ2n) is 7.52. The molecule has 0 amide bonds. The first-order valence-electron chi connectivity index (χ1n) is 10.3. The number of benzene rings is 4. The highest BCUT2D eigenvalue weighted by Gasteiger charge is 2.51. The Labute approximate surface area is 178 Å². The predicted octanol–water partition coefficient (Wildman–Crippen LogP) is 5.47. The molecule has 4 aromatic rings. The summed E-state index contributed by atoms with van der Waals surface area (Å²) in [6.07, 6.45) is 0. The molecule has 1 aliphatic heterocycles. The number of hydrogen-bond acceptors (Lipinski definition) is 2. The van der Waals surface area contributed by atoms with Gasteiger partial charge in [0.2, 0.25) is 6.79 Å². The summed E-state index contributed by atoms with van der Waals surface area (Å²) in [6, 6.07) is 39.4. The van der Waals surface area contributed by atoms with Gasteiger partial charge in [0.15, 0.2) is 11.5 Å². The number of ether oxygens (including phenoxy) is 2. The Bertz CT molecular complexity index is 1030. The first-order chi connectivity index (χ1) is 14.8. The summed E-state index contributed by atoms with van der Waals surface area (Å²) in [5.74, 6) is 1.67. The molecule has 148 valence electrons. The van der Waals surface area contributed by atoms with Gasteiger partial charge in [-0.05, 0) is 61.0 Å². The summed E-state index contributed by atoms with van der Waals surface area (Å²) in [7, 11) is -1.99. The average Bonchev–Trinajstić information content (AvgIpc) is 3.30. The van der Waals surface area contributed by atoms with Crippen LogP contribution in [0.25, 0.3) is 0 Å². The third kappa shape index (κ3) is 3.09. The average molecular weight is 411 g/mol. The third-order valence-corrected chi connectivity index (χ3v) is 10.7. The van der Waals surface area contributed by atoms with E-state index < -0.39 is 7.26 Å². The van der Waals surface area contributed by atoms with Gasteiger partial charge < -0.3 is 9.47 Å². The molecule has 5 rings (SSSR count). The molecule has 3 heteroatoms. The van der Waals surface area contributed by atoms with Gasteiger partial charge in [0.25, 0.3) is 0 Å². The van der Waals surface area contributed by atoms with Crippen molar-refractivity contribution in [3.05, 3.63) is 115 Å². The van der Waals surface area contributed by atoms with Gasteiger partial charge in [-0.15, -0.1) is 0 Å². The van der Waals surface area contributed by atoms with Crippen LogP contribution in [0.5, 0.6) is 11.5 Å². The lowest BCUT2D eigenvalue weighted by Crippen LogP contribution is -2.34. The van der Waals surface area contributed by atoms with Crippen LogP contribution < -0.4 is 25.4 Å². The Hall–Kier alpha value is -3.09. The van der Waals surface area contributed by atoms with Crippen LogP contribution in [0.3, 0.4) is 0 Å². The predicted molar refractivity (Wildman–Crippen MR) is 126 cm³/mol. The molecule has 1 heterocycles. The Morgan fingerprint density at radius 2 is 1.07 bits per heavy atom. The summed E-state index contributed by atoms with van der Waals surface area (Å²) in [4.78, 5) is 0. The van der Waals surface area contributed by atoms with Crippen molar-refractivity contribution in [2.45, 2.75) is 12.6 Å². The topological polar surface area (TPSA) is 18.5 Å². The third-order valence-electron chi connectivity index (χ3n) is 5.95. The fourth-order valence-electron chi connectivity index (χ4n) is 4.50. The van der Waals surface area contributed by atoms with Gasteiger partial charge in [0.1, 0.15) is 28.8 Å². The number of hydrogen-bond donors (Lipinski definition) is 0. The molecule has 0 saturated heterocycles. The van der Waals surface area contributed by atoms with E-state index in [-0.39, 0.29) is 5.66 Å². The Morgan fingerprint density at radius 3 is 1.57 bits per heavy atom. The SMILES string of the molecule is C[C@@H](c1ccc2c(c1)OCO2)[P+](c1ccccc1)(c1ccccc1)c1ccccc1. The standard InChI is InChI=1S/C27H24O2P/c1-21(22-17-18-26-27(19-22)29-20-28-26)30(23-11-5-2-6-12-23,24-13-7-3-8-14-24)25-15-9-4-10-16-25/h2-19,21H,20H2,1H3/q+1/t21-/m0/s1. The highest BCUT2D eigenvalue weighted by molar-refractivity contribution is 7.95. The molecular formula is C27H24O2P+. The zero-order valence-electron chi connectivity index (χ0n) is 16.9. The van der Waals surface area contributed by atoms with Gasteiger partial charge >= 0.3 is 0 Å². The molecule has 0 aromatic heterocycles. The molecule has 0 bridgehead atoms. The van der Waals surface area contributed by atoms with Crippen molar-refractivity contribution >= 4 is 23.2 Å². The fourth-order valence-corrected chi connectivity index (χ4v) is 9.28. The molecule has 2 nitrogen and oxygen atoms in total. The molecule has 30 heavy (non-hydrogen) atoms. The van der Waals surface area contributed by atoms with E-state index in [4.69, 9.17) is 9.47 Å². The lowest BCUT2D eigenvalue weighted by Gasteiger charge is -2.33. The summed E-state index contributed by atoms with van der Waals surface area (Å²) in [5, 5.41) is 4.15. The quantitative estimate of drug-likeness (QED) is 0.406. The zero-order chi connectivity index (χ0) is 20.4. The van der Waals surface area contributed by atoms with E-state index in [1.54, 1.807) is 0 Å². The largest absolute Gasteiger partial charge is 0.454 e. The molecule has 0 fully saturated rings. The van der Waals surface area contributed by atoms with Gasteiger partial charge in [0.05, 0.1) is 0 Å². The van der Waals surface area contributed by atoms with E-state index in [9.17, 15) is 0 Å². The molecule has 4 aromatic carbocycles. The summed E-state index contributed by atoms with van der Waals surface area (Å²) >= 11 is 0. The lowest BCUT2D eigenvalue weighted by atomic mass is 10.1. The summed E-state index contributed by atoms with van der Waals surface area (Å²) < 4.78 is 11.3. The molecule has 0 radical (unpaired) electrons. The maximum atomic E-state index is 5.71. The van der Waals surface area contributed by atoms with Gasteiger partial charge in [-0.1, -0.05) is 60.7 Å². The molecule has 1 atom stereocenters. The van der Waals surface area contributed by atoms with Crippen LogP contribution in [0.2, 0.25) is 0 Å². The van der Waals surface area contributed by atoms with Gasteiger partial charge in [-0.3, -0.25) is 0 Å². The van der Waals surface area contributed by atoms with Gasteiger partial charge in [-0.2, -0.15) is 0 Å². The zero-order valence-corrected chi connectivity index (χ0v) is 17.8. The molecule has 0 spiro atoms. The van der Waals surface area contributed by atoms with E-state index in [2.05, 4.69) is 110 Å². The van der Waals surface area contributed by atoms with E-state index in [0.29, 0.717) is 6.79 Å². The second-order valence-corrected chi connectivity index (χ2v) is 11.3. The fraction of sp³-hybridized carbons (Fsp3) is 0.111. The van der Waals surface area contributed by atoms with Gasteiger partial charge in [-0.25, -0.2) is 0 Å². The van der Waals surface area contributed by atoms with E-state index in [1.165, 1.54) is 21.5 Å². The van der Waals surface area contributed by atoms with Crippen LogP contribution >= 0.6 is 7.26 Å². The highest BCUT2D eigenvalue weighted by atomic mass is 31.2. The molecular weight excluding hydrogens is 387 g/mol. The Balaban J connectivity index is 1.79. The van der Waals surface area contributed by atoms with Crippen molar-refractivity contribution < 1.29 is 9.47 Å². The lowest BCUT2D eigenvalue weighted by molar-refractivity contribution is 0.174. The highest BCUT2D eigenvalue weighted by Crippen LogP contribution is 2.66. The van der Waals surface area contributed by atoms with E-state index in [0.717, 1.165) is 11.5 Å². The van der Waals surface area contributed by atoms with Crippen molar-refractivity contribution in [1.29, 1.82) is 0 Å². The van der Waals surface area contributed by atoms with Crippen LogP contribution in [0.1, 0.15) is 18.1 Å². The number of fused-ring (bicyclic) bond motifs is 1. The molecule has 1 aliphatic rings. The molecule has 0 saturated carbocycles. The molecule has 0 aliphatic carbocycles. The van der Waals surface area contributed by atoms with Crippen LogP contribution in [0, 0.1) is 0 Å². The van der Waals surface area contributed by atoms with Crippen molar-refractivity contribution in [1.82, 2.24) is 0 Å². The van der Waals surface area contributed by atoms with Crippen LogP contribution in [-0.4, -0.2) is 6.79 Å². The van der Waals surface area contributed by atoms with E-state index >= 15 is 0 Å². The number of rotatable bonds is 5. The minimum Gasteiger partial charge on any atom is -0.454 e. The van der Waals surface area contributed by atoms with Crippen LogP contribution in [0.15, 0.2) is 109 Å². The first kappa shape index (κ1) is 18.9. The van der Waals surface area contributed by atoms with Crippen LogP contribution in [0.4, 0.5) is 0 Å². The van der Waals surface area contributed by atoms with Crippen molar-refractivity contribution in [2.24, 2.45) is 0 Å². The maximum Gasteiger partial charge on any atom is 0.231 e.